The van der Waals surface area contributed by atoms with E-state index in [2.05, 4.69) is 24.0 Å². The minimum Gasteiger partial charge on any atom is -0.340 e. The first-order valence-electron chi connectivity index (χ1n) is 8.03. The van der Waals surface area contributed by atoms with Gasteiger partial charge in [0.25, 0.3) is 0 Å². The lowest BCUT2D eigenvalue weighted by molar-refractivity contribution is -0.133. The Labute approximate surface area is 132 Å². The van der Waals surface area contributed by atoms with Crippen LogP contribution in [0.5, 0.6) is 0 Å². The molecule has 114 valence electrons. The van der Waals surface area contributed by atoms with Crippen molar-refractivity contribution in [3.63, 3.8) is 0 Å². The van der Waals surface area contributed by atoms with Gasteiger partial charge in [-0.1, -0.05) is 24.3 Å². The highest BCUT2D eigenvalue weighted by atomic mass is 16.2. The fourth-order valence-electron chi connectivity index (χ4n) is 3.15. The maximum absolute atomic E-state index is 12.5. The molecule has 0 unspecified atom stereocenters. The molecule has 1 aliphatic heterocycles. The van der Waals surface area contributed by atoms with E-state index in [4.69, 9.17) is 0 Å². The van der Waals surface area contributed by atoms with Gasteiger partial charge in [0.15, 0.2) is 0 Å². The van der Waals surface area contributed by atoms with E-state index in [1.807, 2.05) is 29.2 Å². The quantitative estimate of drug-likeness (QED) is 0.865. The Bertz CT molecular complexity index is 639. The van der Waals surface area contributed by atoms with Crippen molar-refractivity contribution in [2.75, 3.05) is 6.54 Å². The minimum absolute atomic E-state index is 0.249. The molecule has 1 aliphatic rings. The third-order valence-corrected chi connectivity index (χ3v) is 4.42. The van der Waals surface area contributed by atoms with Gasteiger partial charge in [0.05, 0.1) is 6.42 Å². The summed E-state index contributed by atoms with van der Waals surface area (Å²) in [6.45, 7) is 3.06. The van der Waals surface area contributed by atoms with E-state index in [0.29, 0.717) is 12.5 Å². The number of likely N-dealkylation sites (tertiary alicyclic amines) is 1. The van der Waals surface area contributed by atoms with Crippen LogP contribution in [0, 0.1) is 0 Å². The molecule has 0 N–H and O–H groups in total. The Morgan fingerprint density at radius 1 is 1.18 bits per heavy atom. The van der Waals surface area contributed by atoms with Crippen LogP contribution in [0.2, 0.25) is 0 Å². The van der Waals surface area contributed by atoms with Gasteiger partial charge in [-0.3, -0.25) is 9.78 Å². The van der Waals surface area contributed by atoms with E-state index in [-0.39, 0.29) is 5.91 Å². The van der Waals surface area contributed by atoms with E-state index in [1.165, 1.54) is 6.42 Å². The fraction of sp³-hybridized carbons (Fsp3) is 0.368. The number of benzene rings is 1. The number of hydrogen-bond acceptors (Lipinski definition) is 2. The number of hydrogen-bond donors (Lipinski definition) is 0. The van der Waals surface area contributed by atoms with Gasteiger partial charge < -0.3 is 4.90 Å². The van der Waals surface area contributed by atoms with Crippen molar-refractivity contribution in [2.45, 2.75) is 38.6 Å². The van der Waals surface area contributed by atoms with Gasteiger partial charge in [-0.05, 0) is 55.0 Å². The second kappa shape index (κ2) is 6.73. The summed E-state index contributed by atoms with van der Waals surface area (Å²) in [5.74, 6) is 0.249. The minimum atomic E-state index is 0.249. The number of nitrogens with zero attached hydrogens (tertiary/aromatic N) is 2. The van der Waals surface area contributed by atoms with Crippen LogP contribution >= 0.6 is 0 Å². The highest BCUT2D eigenvalue weighted by Crippen LogP contribution is 2.21. The summed E-state index contributed by atoms with van der Waals surface area (Å²) < 4.78 is 0. The van der Waals surface area contributed by atoms with Crippen LogP contribution in [0.25, 0.3) is 11.1 Å². The van der Waals surface area contributed by atoms with Crippen molar-refractivity contribution in [3.8, 4) is 11.1 Å². The van der Waals surface area contributed by atoms with Crippen LogP contribution in [0.15, 0.2) is 48.8 Å². The van der Waals surface area contributed by atoms with Gasteiger partial charge >= 0.3 is 0 Å². The molecule has 0 spiro atoms. The average Bonchev–Trinajstić information content (AvgIpc) is 2.56. The summed E-state index contributed by atoms with van der Waals surface area (Å²) in [5, 5.41) is 0. The molecule has 1 fully saturated rings. The Morgan fingerprint density at radius 3 is 2.77 bits per heavy atom. The van der Waals surface area contributed by atoms with Crippen LogP contribution < -0.4 is 0 Å². The Balaban J connectivity index is 1.74. The van der Waals surface area contributed by atoms with E-state index < -0.39 is 0 Å². The second-order valence-electron chi connectivity index (χ2n) is 6.04. The van der Waals surface area contributed by atoms with Crippen LogP contribution in [-0.2, 0) is 11.2 Å². The predicted molar refractivity (Wildman–Crippen MR) is 88.4 cm³/mol. The average molecular weight is 294 g/mol. The Kier molecular flexibility index (Phi) is 4.52. The number of amides is 1. The van der Waals surface area contributed by atoms with Crippen LogP contribution in [0.1, 0.15) is 31.7 Å². The third-order valence-electron chi connectivity index (χ3n) is 4.42. The van der Waals surface area contributed by atoms with Crippen molar-refractivity contribution in [2.24, 2.45) is 0 Å². The molecule has 1 aromatic carbocycles. The summed E-state index contributed by atoms with van der Waals surface area (Å²) in [7, 11) is 0. The highest BCUT2D eigenvalue weighted by Gasteiger charge is 2.22. The van der Waals surface area contributed by atoms with E-state index in [1.54, 1.807) is 12.4 Å². The predicted octanol–water partition coefficient (Wildman–Crippen LogP) is 3.69. The Morgan fingerprint density at radius 2 is 2.00 bits per heavy atom. The molecule has 1 aromatic heterocycles. The number of aromatic nitrogens is 1. The number of carbonyl (C=O) groups is 1. The molecule has 0 saturated carbocycles. The molecule has 0 aliphatic carbocycles. The van der Waals surface area contributed by atoms with Crippen LogP contribution in [0.3, 0.4) is 0 Å². The number of pyridine rings is 1. The lowest BCUT2D eigenvalue weighted by atomic mass is 10.00. The molecule has 1 amide bonds. The summed E-state index contributed by atoms with van der Waals surface area (Å²) in [5.41, 5.74) is 3.35. The van der Waals surface area contributed by atoms with Gasteiger partial charge in [-0.25, -0.2) is 0 Å². The monoisotopic (exact) mass is 294 g/mol. The number of carbonyl (C=O) groups excluding carboxylic acids is 1. The first kappa shape index (κ1) is 14.8. The SMILES string of the molecule is C[C@H]1CCCCN1C(=O)Cc1cccc(-c2ccncc2)c1. The topological polar surface area (TPSA) is 33.2 Å². The largest absolute Gasteiger partial charge is 0.340 e. The zero-order chi connectivity index (χ0) is 15.4. The fourth-order valence-corrected chi connectivity index (χ4v) is 3.15. The molecule has 22 heavy (non-hydrogen) atoms. The van der Waals surface area contributed by atoms with Gasteiger partial charge in [-0.2, -0.15) is 0 Å². The zero-order valence-corrected chi connectivity index (χ0v) is 13.0. The standard InChI is InChI=1S/C19H22N2O/c1-15-5-2-3-12-21(15)19(22)14-16-6-4-7-18(13-16)17-8-10-20-11-9-17/h4,6-11,13,15H,2-3,5,12,14H2,1H3/t15-/m0/s1. The second-order valence-corrected chi connectivity index (χ2v) is 6.04. The van der Waals surface area contributed by atoms with E-state index in [9.17, 15) is 4.79 Å². The van der Waals surface area contributed by atoms with E-state index >= 15 is 0 Å². The summed E-state index contributed by atoms with van der Waals surface area (Å²) >= 11 is 0. The van der Waals surface area contributed by atoms with Gasteiger partial charge in [0, 0.05) is 25.0 Å². The first-order chi connectivity index (χ1) is 10.7. The molecule has 2 heterocycles. The van der Waals surface area contributed by atoms with Crippen molar-refractivity contribution in [1.82, 2.24) is 9.88 Å². The summed E-state index contributed by atoms with van der Waals surface area (Å²) in [6.07, 6.45) is 7.58. The first-order valence-corrected chi connectivity index (χ1v) is 8.03. The molecular weight excluding hydrogens is 272 g/mol. The summed E-state index contributed by atoms with van der Waals surface area (Å²) in [4.78, 5) is 18.6. The molecule has 2 aromatic rings. The molecule has 3 rings (SSSR count). The van der Waals surface area contributed by atoms with Crippen molar-refractivity contribution in [1.29, 1.82) is 0 Å². The number of rotatable bonds is 3. The molecule has 1 atom stereocenters. The van der Waals surface area contributed by atoms with Crippen LogP contribution in [0.4, 0.5) is 0 Å². The van der Waals surface area contributed by atoms with Crippen molar-refractivity contribution in [3.05, 3.63) is 54.4 Å². The molecular formula is C19H22N2O. The summed E-state index contributed by atoms with van der Waals surface area (Å²) in [6, 6.07) is 12.6. The van der Waals surface area contributed by atoms with Gasteiger partial charge in [0.1, 0.15) is 0 Å². The van der Waals surface area contributed by atoms with Gasteiger partial charge in [-0.15, -0.1) is 0 Å². The van der Waals surface area contributed by atoms with E-state index in [0.717, 1.165) is 36.1 Å². The van der Waals surface area contributed by atoms with Crippen LogP contribution in [-0.4, -0.2) is 28.4 Å². The lowest BCUT2D eigenvalue weighted by Crippen LogP contribution is -2.42. The zero-order valence-electron chi connectivity index (χ0n) is 13.0. The molecule has 3 nitrogen and oxygen atoms in total. The lowest BCUT2D eigenvalue weighted by Gasteiger charge is -2.33. The molecule has 3 heteroatoms. The number of piperidine rings is 1. The molecule has 0 radical (unpaired) electrons. The van der Waals surface area contributed by atoms with Crippen molar-refractivity contribution < 1.29 is 4.79 Å². The third kappa shape index (κ3) is 3.35. The maximum Gasteiger partial charge on any atom is 0.227 e. The normalized spacial score (nSPS) is 18.2. The molecule has 1 saturated heterocycles. The highest BCUT2D eigenvalue weighted by molar-refractivity contribution is 5.79. The van der Waals surface area contributed by atoms with Gasteiger partial charge in [0.2, 0.25) is 5.91 Å². The van der Waals surface area contributed by atoms with Crippen molar-refractivity contribution >= 4 is 5.91 Å². The maximum atomic E-state index is 12.5. The smallest absolute Gasteiger partial charge is 0.227 e. The molecule has 0 bridgehead atoms. The Hall–Kier alpha value is -2.16.